The Morgan fingerprint density at radius 3 is 2.83 bits per heavy atom. The highest BCUT2D eigenvalue weighted by molar-refractivity contribution is 5.88. The molecule has 23 heavy (non-hydrogen) atoms. The smallest absolute Gasteiger partial charge is 0.339 e. The van der Waals surface area contributed by atoms with Gasteiger partial charge >= 0.3 is 5.97 Å². The Hall–Kier alpha value is -1.86. The second-order valence-corrected chi connectivity index (χ2v) is 5.79. The number of hydrogen-bond acceptors (Lipinski definition) is 5. The molecular weight excluding hydrogens is 302 g/mol. The van der Waals surface area contributed by atoms with Gasteiger partial charge in [-0.05, 0) is 32.8 Å². The first-order chi connectivity index (χ1) is 10.9. The Balaban J connectivity index is 1.86. The van der Waals surface area contributed by atoms with Crippen molar-refractivity contribution in [2.24, 2.45) is 0 Å². The Morgan fingerprint density at radius 2 is 2.26 bits per heavy atom. The first kappa shape index (κ1) is 17.5. The normalized spacial score (nSPS) is 18.8. The van der Waals surface area contributed by atoms with Crippen LogP contribution in [-0.2, 0) is 20.8 Å². The number of nitrogens with zero attached hydrogens (tertiary/aromatic N) is 1. The van der Waals surface area contributed by atoms with Crippen molar-refractivity contribution in [2.45, 2.75) is 45.4 Å². The molecule has 1 aromatic heterocycles. The molecule has 1 N–H and O–H groups in total. The fourth-order valence-electron chi connectivity index (χ4n) is 2.55. The van der Waals surface area contributed by atoms with Gasteiger partial charge in [0.1, 0.15) is 23.2 Å². The Morgan fingerprint density at radius 1 is 1.52 bits per heavy atom. The number of furan rings is 1. The number of aryl methyl sites for hydroxylation is 1. The summed E-state index contributed by atoms with van der Waals surface area (Å²) in [5.74, 6) is -0.466. The number of carboxylic acids is 1. The highest BCUT2D eigenvalue weighted by Gasteiger charge is 2.23. The summed E-state index contributed by atoms with van der Waals surface area (Å²) in [5.41, 5.74) is 0.114. The van der Waals surface area contributed by atoms with Crippen LogP contribution in [0.15, 0.2) is 10.5 Å². The van der Waals surface area contributed by atoms with Crippen LogP contribution < -0.4 is 0 Å². The van der Waals surface area contributed by atoms with E-state index in [1.54, 1.807) is 20.9 Å². The predicted octanol–water partition coefficient (Wildman–Crippen LogP) is 1.83. The zero-order valence-corrected chi connectivity index (χ0v) is 13.7. The topological polar surface area (TPSA) is 89.2 Å². The first-order valence-corrected chi connectivity index (χ1v) is 7.69. The monoisotopic (exact) mass is 325 g/mol. The first-order valence-electron chi connectivity index (χ1n) is 7.69. The van der Waals surface area contributed by atoms with Crippen molar-refractivity contribution in [3.8, 4) is 0 Å². The van der Waals surface area contributed by atoms with E-state index >= 15 is 0 Å². The van der Waals surface area contributed by atoms with Crippen molar-refractivity contribution in [2.75, 3.05) is 20.3 Å². The summed E-state index contributed by atoms with van der Waals surface area (Å²) in [7, 11) is 1.63. The molecule has 1 aromatic rings. The van der Waals surface area contributed by atoms with Gasteiger partial charge in [0.2, 0.25) is 0 Å². The highest BCUT2D eigenvalue weighted by atomic mass is 16.5. The third-order valence-electron chi connectivity index (χ3n) is 3.87. The van der Waals surface area contributed by atoms with Crippen molar-refractivity contribution >= 4 is 11.9 Å². The van der Waals surface area contributed by atoms with Crippen LogP contribution in [0.5, 0.6) is 0 Å². The molecule has 1 saturated heterocycles. The van der Waals surface area contributed by atoms with E-state index in [1.807, 2.05) is 0 Å². The van der Waals surface area contributed by atoms with E-state index in [0.29, 0.717) is 18.1 Å². The number of hydrogen-bond donors (Lipinski definition) is 1. The Bertz CT molecular complexity index is 561. The molecule has 1 aliphatic rings. The minimum Gasteiger partial charge on any atom is -0.478 e. The number of carbonyl (C=O) groups is 2. The molecule has 0 spiro atoms. The minimum atomic E-state index is -1.04. The molecule has 0 unspecified atom stereocenters. The van der Waals surface area contributed by atoms with Crippen molar-refractivity contribution in [1.82, 2.24) is 4.90 Å². The number of amides is 1. The standard InChI is InChI=1S/C16H23NO6/c1-10-14(16(19)20)7-13(23-10)8-17(3)15(18)11(2)22-9-12-5-4-6-21-12/h7,11-12H,4-6,8-9H2,1-3H3,(H,19,20)/t11-,12+/m0/s1. The van der Waals surface area contributed by atoms with Crippen LogP contribution in [0.3, 0.4) is 0 Å². The lowest BCUT2D eigenvalue weighted by atomic mass is 10.2. The molecule has 0 saturated carbocycles. The van der Waals surface area contributed by atoms with Gasteiger partial charge in [-0.15, -0.1) is 0 Å². The molecule has 1 amide bonds. The maximum Gasteiger partial charge on any atom is 0.339 e. The third kappa shape index (κ3) is 4.56. The summed E-state index contributed by atoms with van der Waals surface area (Å²) >= 11 is 0. The SMILES string of the molecule is Cc1oc(CN(C)C(=O)[C@H](C)OC[C@H]2CCCO2)cc1C(=O)O. The number of aromatic carboxylic acids is 1. The molecule has 2 heterocycles. The summed E-state index contributed by atoms with van der Waals surface area (Å²) < 4.78 is 16.4. The second-order valence-electron chi connectivity index (χ2n) is 5.79. The molecule has 0 radical (unpaired) electrons. The fraction of sp³-hybridized carbons (Fsp3) is 0.625. The number of ether oxygens (including phenoxy) is 2. The molecule has 0 aliphatic carbocycles. The quantitative estimate of drug-likeness (QED) is 0.822. The van der Waals surface area contributed by atoms with Gasteiger partial charge in [-0.1, -0.05) is 0 Å². The summed E-state index contributed by atoms with van der Waals surface area (Å²) in [4.78, 5) is 24.7. The molecule has 1 aliphatic heterocycles. The summed E-state index contributed by atoms with van der Waals surface area (Å²) in [6.45, 7) is 4.64. The van der Waals surface area contributed by atoms with Crippen LogP contribution in [0, 0.1) is 6.92 Å². The lowest BCUT2D eigenvalue weighted by Crippen LogP contribution is -2.37. The number of carbonyl (C=O) groups excluding carboxylic acids is 1. The average molecular weight is 325 g/mol. The summed E-state index contributed by atoms with van der Waals surface area (Å²) in [6.07, 6.45) is 1.47. The molecular formula is C16H23NO6. The highest BCUT2D eigenvalue weighted by Crippen LogP contribution is 2.17. The molecule has 2 atom stereocenters. The fourth-order valence-corrected chi connectivity index (χ4v) is 2.55. The molecule has 0 bridgehead atoms. The zero-order chi connectivity index (χ0) is 17.0. The maximum absolute atomic E-state index is 12.3. The Labute approximate surface area is 135 Å². The van der Waals surface area contributed by atoms with E-state index in [-0.39, 0.29) is 24.1 Å². The van der Waals surface area contributed by atoms with Crippen LogP contribution >= 0.6 is 0 Å². The number of carboxylic acid groups (broad SMARTS) is 1. The van der Waals surface area contributed by atoms with Gasteiger partial charge in [-0.3, -0.25) is 4.79 Å². The van der Waals surface area contributed by atoms with E-state index in [2.05, 4.69) is 0 Å². The second kappa shape index (κ2) is 7.61. The van der Waals surface area contributed by atoms with Crippen LogP contribution in [0.1, 0.15) is 41.6 Å². The number of likely N-dealkylation sites (N-methyl/N-ethyl adjacent to an activating group) is 1. The van der Waals surface area contributed by atoms with Gasteiger partial charge in [0, 0.05) is 13.7 Å². The number of rotatable bonds is 7. The largest absolute Gasteiger partial charge is 0.478 e. The van der Waals surface area contributed by atoms with E-state index < -0.39 is 12.1 Å². The Kier molecular flexibility index (Phi) is 5.79. The lowest BCUT2D eigenvalue weighted by Gasteiger charge is -2.21. The van der Waals surface area contributed by atoms with Crippen LogP contribution in [-0.4, -0.2) is 54.4 Å². The molecule has 7 heteroatoms. The zero-order valence-electron chi connectivity index (χ0n) is 13.7. The van der Waals surface area contributed by atoms with Crippen LogP contribution in [0.4, 0.5) is 0 Å². The van der Waals surface area contributed by atoms with E-state index in [9.17, 15) is 9.59 Å². The average Bonchev–Trinajstić information content (AvgIpc) is 3.13. The molecule has 0 aromatic carbocycles. The van der Waals surface area contributed by atoms with Crippen molar-refractivity contribution in [1.29, 1.82) is 0 Å². The van der Waals surface area contributed by atoms with Gasteiger partial charge < -0.3 is 23.9 Å². The van der Waals surface area contributed by atoms with E-state index in [0.717, 1.165) is 19.4 Å². The molecule has 1 fully saturated rings. The van der Waals surface area contributed by atoms with Gasteiger partial charge in [0.15, 0.2) is 0 Å². The van der Waals surface area contributed by atoms with Crippen molar-refractivity contribution in [3.63, 3.8) is 0 Å². The molecule has 128 valence electrons. The van der Waals surface area contributed by atoms with E-state index in [4.69, 9.17) is 19.0 Å². The van der Waals surface area contributed by atoms with Gasteiger partial charge in [-0.2, -0.15) is 0 Å². The third-order valence-corrected chi connectivity index (χ3v) is 3.87. The summed E-state index contributed by atoms with van der Waals surface area (Å²) in [6, 6.07) is 1.44. The van der Waals surface area contributed by atoms with Crippen molar-refractivity contribution in [3.05, 3.63) is 23.2 Å². The van der Waals surface area contributed by atoms with Gasteiger partial charge in [0.25, 0.3) is 5.91 Å². The maximum atomic E-state index is 12.3. The van der Waals surface area contributed by atoms with Crippen molar-refractivity contribution < 1.29 is 28.6 Å². The van der Waals surface area contributed by atoms with Gasteiger partial charge in [0.05, 0.1) is 19.3 Å². The minimum absolute atomic E-state index is 0.0707. The van der Waals surface area contributed by atoms with Crippen LogP contribution in [0.2, 0.25) is 0 Å². The summed E-state index contributed by atoms with van der Waals surface area (Å²) in [5, 5.41) is 9.01. The lowest BCUT2D eigenvalue weighted by molar-refractivity contribution is -0.144. The predicted molar refractivity (Wildman–Crippen MR) is 81.3 cm³/mol. The van der Waals surface area contributed by atoms with E-state index in [1.165, 1.54) is 11.0 Å². The molecule has 7 nitrogen and oxygen atoms in total. The molecule has 2 rings (SSSR count). The van der Waals surface area contributed by atoms with Crippen LogP contribution in [0.25, 0.3) is 0 Å². The van der Waals surface area contributed by atoms with Gasteiger partial charge in [-0.25, -0.2) is 4.79 Å².